The van der Waals surface area contributed by atoms with Crippen LogP contribution in [0.4, 0.5) is 0 Å². The molecule has 0 aromatic carbocycles. The van der Waals surface area contributed by atoms with Crippen LogP contribution in [0.1, 0.15) is 19.8 Å². The van der Waals surface area contributed by atoms with E-state index < -0.39 is 0 Å². The molecule has 0 aliphatic rings. The van der Waals surface area contributed by atoms with Crippen molar-refractivity contribution in [3.8, 4) is 0 Å². The largest absolute Gasteiger partial charge is 0.299 e. The Labute approximate surface area is 104 Å². The van der Waals surface area contributed by atoms with Crippen molar-refractivity contribution >= 4 is 6.29 Å². The van der Waals surface area contributed by atoms with Gasteiger partial charge in [-0.05, 0) is 18.1 Å². The fraction of sp³-hybridized carbons (Fsp3) is 0.188. The van der Waals surface area contributed by atoms with Gasteiger partial charge in [-0.25, -0.2) is 0 Å². The van der Waals surface area contributed by atoms with Crippen LogP contribution in [-0.4, -0.2) is 6.29 Å². The Balaban J connectivity index is 4.19. The zero-order valence-electron chi connectivity index (χ0n) is 10.4. The van der Waals surface area contributed by atoms with Gasteiger partial charge < -0.3 is 0 Å². The Kier molecular flexibility index (Phi) is 10.8. The Hall–Kier alpha value is -1.89. The smallest absolute Gasteiger partial charge is 0.142 e. The van der Waals surface area contributed by atoms with Gasteiger partial charge in [-0.2, -0.15) is 0 Å². The van der Waals surface area contributed by atoms with Gasteiger partial charge in [0.15, 0.2) is 0 Å². The SMILES string of the molecule is C=CC(/C=C/C=C\C=C/CCC)=C\C=C\C=O. The van der Waals surface area contributed by atoms with E-state index in [1.54, 1.807) is 12.2 Å². The van der Waals surface area contributed by atoms with Gasteiger partial charge in [0.05, 0.1) is 0 Å². The van der Waals surface area contributed by atoms with Crippen LogP contribution in [0.5, 0.6) is 0 Å². The number of carbonyl (C=O) groups excluding carboxylic acids is 1. The molecule has 0 spiro atoms. The van der Waals surface area contributed by atoms with Gasteiger partial charge >= 0.3 is 0 Å². The molecule has 17 heavy (non-hydrogen) atoms. The molecule has 0 rings (SSSR count). The quantitative estimate of drug-likeness (QED) is 0.343. The molecule has 0 N–H and O–H groups in total. The minimum Gasteiger partial charge on any atom is -0.299 e. The van der Waals surface area contributed by atoms with Gasteiger partial charge in [-0.1, -0.05) is 74.6 Å². The molecule has 0 aliphatic carbocycles. The number of hydrogen-bond acceptors (Lipinski definition) is 1. The Morgan fingerprint density at radius 3 is 2.47 bits per heavy atom. The molecule has 0 heterocycles. The summed E-state index contributed by atoms with van der Waals surface area (Å²) in [4.78, 5) is 10.1. The van der Waals surface area contributed by atoms with E-state index in [2.05, 4.69) is 19.6 Å². The van der Waals surface area contributed by atoms with Crippen LogP contribution in [0.15, 0.2) is 72.9 Å². The lowest BCUT2D eigenvalue weighted by molar-refractivity contribution is -0.104. The van der Waals surface area contributed by atoms with Crippen molar-refractivity contribution in [1.29, 1.82) is 0 Å². The number of unbranched alkanes of at least 4 members (excludes halogenated alkanes) is 1. The molecule has 0 unspecified atom stereocenters. The van der Waals surface area contributed by atoms with Gasteiger partial charge in [0.25, 0.3) is 0 Å². The first-order valence-electron chi connectivity index (χ1n) is 5.79. The van der Waals surface area contributed by atoms with Gasteiger partial charge in [-0.15, -0.1) is 0 Å². The van der Waals surface area contributed by atoms with Gasteiger partial charge in [0.1, 0.15) is 6.29 Å². The van der Waals surface area contributed by atoms with Crippen molar-refractivity contribution in [3.05, 3.63) is 72.9 Å². The lowest BCUT2D eigenvalue weighted by atomic mass is 10.2. The number of aldehydes is 1. The minimum atomic E-state index is 0.749. The molecular weight excluding hydrogens is 208 g/mol. The zero-order valence-corrected chi connectivity index (χ0v) is 10.4. The Bertz CT molecular complexity index is 352. The fourth-order valence-electron chi connectivity index (χ4n) is 1.04. The highest BCUT2D eigenvalue weighted by atomic mass is 16.1. The summed E-state index contributed by atoms with van der Waals surface area (Å²) in [5, 5.41) is 0. The second-order valence-corrected chi connectivity index (χ2v) is 3.35. The monoisotopic (exact) mass is 228 g/mol. The van der Waals surface area contributed by atoms with E-state index >= 15 is 0 Å². The van der Waals surface area contributed by atoms with Gasteiger partial charge in [0, 0.05) is 0 Å². The molecule has 1 nitrogen and oxygen atoms in total. The van der Waals surface area contributed by atoms with E-state index in [0.717, 1.165) is 18.3 Å². The first kappa shape index (κ1) is 15.1. The van der Waals surface area contributed by atoms with E-state index in [-0.39, 0.29) is 0 Å². The maximum absolute atomic E-state index is 10.1. The molecule has 0 atom stereocenters. The molecule has 0 bridgehead atoms. The maximum Gasteiger partial charge on any atom is 0.142 e. The van der Waals surface area contributed by atoms with Crippen LogP contribution < -0.4 is 0 Å². The highest BCUT2D eigenvalue weighted by molar-refractivity contribution is 5.65. The van der Waals surface area contributed by atoms with Crippen LogP contribution >= 0.6 is 0 Å². The third kappa shape index (κ3) is 10.4. The average molecular weight is 228 g/mol. The summed E-state index contributed by atoms with van der Waals surface area (Å²) in [7, 11) is 0. The summed E-state index contributed by atoms with van der Waals surface area (Å²) >= 11 is 0. The third-order valence-corrected chi connectivity index (χ3v) is 1.93. The van der Waals surface area contributed by atoms with Crippen molar-refractivity contribution in [1.82, 2.24) is 0 Å². The first-order chi connectivity index (χ1) is 8.35. The molecule has 0 aromatic rings. The Morgan fingerprint density at radius 2 is 1.82 bits per heavy atom. The lowest BCUT2D eigenvalue weighted by Crippen LogP contribution is -1.68. The topological polar surface area (TPSA) is 17.1 Å². The summed E-state index contributed by atoms with van der Waals surface area (Å²) < 4.78 is 0. The van der Waals surface area contributed by atoms with E-state index in [1.165, 1.54) is 12.5 Å². The van der Waals surface area contributed by atoms with Gasteiger partial charge in [0.2, 0.25) is 0 Å². The molecule has 0 fully saturated rings. The van der Waals surface area contributed by atoms with Crippen LogP contribution in [0.25, 0.3) is 0 Å². The molecule has 0 amide bonds. The third-order valence-electron chi connectivity index (χ3n) is 1.93. The van der Waals surface area contributed by atoms with E-state index in [9.17, 15) is 4.79 Å². The van der Waals surface area contributed by atoms with Crippen molar-refractivity contribution < 1.29 is 4.79 Å². The van der Waals surface area contributed by atoms with Crippen molar-refractivity contribution in [2.75, 3.05) is 0 Å². The molecule has 90 valence electrons. The van der Waals surface area contributed by atoms with Crippen LogP contribution in [0.2, 0.25) is 0 Å². The maximum atomic E-state index is 10.1. The minimum absolute atomic E-state index is 0.749. The second-order valence-electron chi connectivity index (χ2n) is 3.35. The highest BCUT2D eigenvalue weighted by Gasteiger charge is 1.79. The molecular formula is C16H20O. The van der Waals surface area contributed by atoms with Crippen LogP contribution in [0, 0.1) is 0 Å². The van der Waals surface area contributed by atoms with Crippen molar-refractivity contribution in [3.63, 3.8) is 0 Å². The molecule has 1 heteroatoms. The molecule has 0 aliphatic heterocycles. The molecule has 0 saturated carbocycles. The summed E-state index contributed by atoms with van der Waals surface area (Å²) in [6.07, 6.45) is 21.8. The zero-order chi connectivity index (χ0) is 12.8. The van der Waals surface area contributed by atoms with E-state index in [4.69, 9.17) is 0 Å². The molecule has 0 saturated heterocycles. The summed E-state index contributed by atoms with van der Waals surface area (Å²) in [6.45, 7) is 5.85. The highest BCUT2D eigenvalue weighted by Crippen LogP contribution is 1.99. The van der Waals surface area contributed by atoms with Crippen LogP contribution in [0.3, 0.4) is 0 Å². The molecule has 0 aromatic heterocycles. The lowest BCUT2D eigenvalue weighted by Gasteiger charge is -1.87. The average Bonchev–Trinajstić information content (AvgIpc) is 2.35. The Morgan fingerprint density at radius 1 is 1.06 bits per heavy atom. The number of hydrogen-bond donors (Lipinski definition) is 0. The van der Waals surface area contributed by atoms with Crippen LogP contribution in [-0.2, 0) is 4.79 Å². The fourth-order valence-corrected chi connectivity index (χ4v) is 1.04. The summed E-state index contributed by atoms with van der Waals surface area (Å²) in [5.41, 5.74) is 0.963. The first-order valence-corrected chi connectivity index (χ1v) is 5.79. The van der Waals surface area contributed by atoms with E-state index in [1.807, 2.05) is 36.5 Å². The van der Waals surface area contributed by atoms with Crippen molar-refractivity contribution in [2.45, 2.75) is 19.8 Å². The predicted molar refractivity (Wildman–Crippen MR) is 75.8 cm³/mol. The van der Waals surface area contributed by atoms with Gasteiger partial charge in [-0.3, -0.25) is 4.79 Å². The standard InChI is InChI=1S/C16H20O/c1-3-5-6-7-8-9-10-13-16(4-2)14-11-12-15-17/h4,6-15H,2-3,5H2,1H3/b7-6-,9-8-,12-11+,13-10+,16-14+. The second kappa shape index (κ2) is 12.2. The normalized spacial score (nSPS) is 13.4. The summed E-state index contributed by atoms with van der Waals surface area (Å²) in [5.74, 6) is 0. The van der Waals surface area contributed by atoms with E-state index in [0.29, 0.717) is 0 Å². The number of allylic oxidation sites excluding steroid dienone is 11. The summed E-state index contributed by atoms with van der Waals surface area (Å²) in [6, 6.07) is 0. The van der Waals surface area contributed by atoms with Crippen molar-refractivity contribution in [2.24, 2.45) is 0 Å². The number of carbonyl (C=O) groups is 1. The predicted octanol–water partition coefficient (Wildman–Crippen LogP) is 4.32. The molecule has 0 radical (unpaired) electrons. The number of rotatable bonds is 8.